The van der Waals surface area contributed by atoms with Gasteiger partial charge in [-0.15, -0.1) is 10.2 Å². The molecule has 1 N–H and O–H groups in total. The SMILES string of the molecule is CC(C)[C@H]1OCCC[C@H]1C(=O)Nc1nncn1C1CC1. The largest absolute Gasteiger partial charge is 0.377 e. The Labute approximate surface area is 118 Å². The van der Waals surface area contributed by atoms with Crippen LogP contribution in [0.15, 0.2) is 6.33 Å². The van der Waals surface area contributed by atoms with Gasteiger partial charge in [-0.25, -0.2) is 0 Å². The summed E-state index contributed by atoms with van der Waals surface area (Å²) in [6.07, 6.45) is 5.80. The maximum Gasteiger partial charge on any atom is 0.232 e. The molecule has 6 heteroatoms. The summed E-state index contributed by atoms with van der Waals surface area (Å²) in [7, 11) is 0. The van der Waals surface area contributed by atoms with Crippen molar-refractivity contribution in [3.05, 3.63) is 6.33 Å². The van der Waals surface area contributed by atoms with Gasteiger partial charge in [0.15, 0.2) is 0 Å². The first-order valence-corrected chi connectivity index (χ1v) is 7.49. The summed E-state index contributed by atoms with van der Waals surface area (Å²) in [5.74, 6) is 0.837. The van der Waals surface area contributed by atoms with Crippen LogP contribution in [0.25, 0.3) is 0 Å². The Balaban J connectivity index is 1.69. The van der Waals surface area contributed by atoms with Gasteiger partial charge >= 0.3 is 0 Å². The van der Waals surface area contributed by atoms with E-state index in [4.69, 9.17) is 4.74 Å². The van der Waals surface area contributed by atoms with Crippen LogP contribution in [0.3, 0.4) is 0 Å². The normalized spacial score (nSPS) is 26.8. The van der Waals surface area contributed by atoms with Gasteiger partial charge in [0, 0.05) is 12.6 Å². The summed E-state index contributed by atoms with van der Waals surface area (Å²) in [4.78, 5) is 12.5. The number of anilines is 1. The van der Waals surface area contributed by atoms with E-state index in [2.05, 4.69) is 29.4 Å². The zero-order valence-electron chi connectivity index (χ0n) is 12.1. The minimum atomic E-state index is -0.0897. The molecular weight excluding hydrogens is 256 g/mol. The van der Waals surface area contributed by atoms with E-state index >= 15 is 0 Å². The molecule has 1 aromatic rings. The van der Waals surface area contributed by atoms with Gasteiger partial charge in [0.25, 0.3) is 0 Å². The molecule has 2 heterocycles. The number of aromatic nitrogens is 3. The van der Waals surface area contributed by atoms with Crippen molar-refractivity contribution in [2.75, 3.05) is 11.9 Å². The highest BCUT2D eigenvalue weighted by Gasteiger charge is 2.35. The van der Waals surface area contributed by atoms with Crippen molar-refractivity contribution in [2.45, 2.75) is 51.7 Å². The van der Waals surface area contributed by atoms with E-state index in [0.717, 1.165) is 32.3 Å². The van der Waals surface area contributed by atoms with E-state index in [-0.39, 0.29) is 17.9 Å². The Morgan fingerprint density at radius 2 is 2.25 bits per heavy atom. The maximum absolute atomic E-state index is 12.5. The third-order valence-electron chi connectivity index (χ3n) is 4.11. The lowest BCUT2D eigenvalue weighted by molar-refractivity contribution is -0.131. The maximum atomic E-state index is 12.5. The van der Waals surface area contributed by atoms with Gasteiger partial charge < -0.3 is 4.74 Å². The number of carbonyl (C=O) groups is 1. The third kappa shape index (κ3) is 2.70. The average molecular weight is 278 g/mol. The molecule has 2 fully saturated rings. The van der Waals surface area contributed by atoms with Gasteiger partial charge in [-0.1, -0.05) is 13.8 Å². The Morgan fingerprint density at radius 1 is 1.45 bits per heavy atom. The molecule has 1 aromatic heterocycles. The van der Waals surface area contributed by atoms with Crippen LogP contribution in [0.4, 0.5) is 5.95 Å². The van der Waals surface area contributed by atoms with E-state index in [9.17, 15) is 4.79 Å². The Bertz CT molecular complexity index is 481. The van der Waals surface area contributed by atoms with Gasteiger partial charge in [0.05, 0.1) is 12.0 Å². The smallest absolute Gasteiger partial charge is 0.232 e. The van der Waals surface area contributed by atoms with E-state index in [0.29, 0.717) is 17.9 Å². The molecule has 0 aromatic carbocycles. The molecule has 0 bridgehead atoms. The van der Waals surface area contributed by atoms with Gasteiger partial charge in [0.2, 0.25) is 11.9 Å². The number of hydrogen-bond donors (Lipinski definition) is 1. The summed E-state index contributed by atoms with van der Waals surface area (Å²) in [6.45, 7) is 4.96. The first-order valence-electron chi connectivity index (χ1n) is 7.49. The first-order chi connectivity index (χ1) is 9.66. The van der Waals surface area contributed by atoms with Crippen LogP contribution >= 0.6 is 0 Å². The number of amides is 1. The van der Waals surface area contributed by atoms with Crippen molar-refractivity contribution in [2.24, 2.45) is 11.8 Å². The fraction of sp³-hybridized carbons (Fsp3) is 0.786. The zero-order chi connectivity index (χ0) is 14.1. The highest BCUT2D eigenvalue weighted by Crippen LogP contribution is 2.36. The molecule has 1 aliphatic heterocycles. The molecular formula is C14H22N4O2. The van der Waals surface area contributed by atoms with E-state index in [1.165, 1.54) is 0 Å². The number of ether oxygens (including phenoxy) is 1. The minimum Gasteiger partial charge on any atom is -0.377 e. The lowest BCUT2D eigenvalue weighted by Crippen LogP contribution is -2.41. The van der Waals surface area contributed by atoms with Crippen molar-refractivity contribution >= 4 is 11.9 Å². The van der Waals surface area contributed by atoms with Crippen LogP contribution in [0.1, 0.15) is 45.6 Å². The highest BCUT2D eigenvalue weighted by atomic mass is 16.5. The first kappa shape index (κ1) is 13.5. The van der Waals surface area contributed by atoms with Crippen molar-refractivity contribution < 1.29 is 9.53 Å². The van der Waals surface area contributed by atoms with Crippen molar-refractivity contribution in [1.82, 2.24) is 14.8 Å². The lowest BCUT2D eigenvalue weighted by atomic mass is 9.87. The Hall–Kier alpha value is -1.43. The molecule has 1 saturated heterocycles. The second-order valence-corrected chi connectivity index (χ2v) is 6.11. The van der Waals surface area contributed by atoms with Crippen molar-refractivity contribution in [3.63, 3.8) is 0 Å². The standard InChI is InChI=1S/C14H22N4O2/c1-9(2)12-11(4-3-7-20-12)13(19)16-14-17-15-8-18(14)10-5-6-10/h8-12H,3-7H2,1-2H3,(H,16,17,19)/t11-,12-/m1/s1. The van der Waals surface area contributed by atoms with Crippen LogP contribution in [0.5, 0.6) is 0 Å². The molecule has 0 unspecified atom stereocenters. The monoisotopic (exact) mass is 278 g/mol. The number of carbonyl (C=O) groups excluding carboxylic acids is 1. The summed E-state index contributed by atoms with van der Waals surface area (Å²) in [5.41, 5.74) is 0. The molecule has 3 rings (SSSR count). The molecule has 6 nitrogen and oxygen atoms in total. The number of nitrogens with zero attached hydrogens (tertiary/aromatic N) is 3. The van der Waals surface area contributed by atoms with Crippen molar-refractivity contribution in [1.29, 1.82) is 0 Å². The Kier molecular flexibility index (Phi) is 3.74. The van der Waals surface area contributed by atoms with Gasteiger partial charge in [-0.3, -0.25) is 14.7 Å². The van der Waals surface area contributed by atoms with Crippen LogP contribution in [0, 0.1) is 11.8 Å². The van der Waals surface area contributed by atoms with E-state index < -0.39 is 0 Å². The topological polar surface area (TPSA) is 69.0 Å². The fourth-order valence-corrected chi connectivity index (χ4v) is 2.90. The molecule has 1 amide bonds. The molecule has 20 heavy (non-hydrogen) atoms. The van der Waals surface area contributed by atoms with Gasteiger partial charge in [-0.2, -0.15) is 0 Å². The van der Waals surface area contributed by atoms with Crippen LogP contribution in [-0.2, 0) is 9.53 Å². The summed E-state index contributed by atoms with van der Waals surface area (Å²) < 4.78 is 7.74. The summed E-state index contributed by atoms with van der Waals surface area (Å²) in [6, 6.07) is 0.462. The van der Waals surface area contributed by atoms with Gasteiger partial charge in [-0.05, 0) is 31.6 Å². The van der Waals surface area contributed by atoms with E-state index in [1.807, 2.05) is 4.57 Å². The molecule has 110 valence electrons. The predicted octanol–water partition coefficient (Wildman–Crippen LogP) is 2.00. The second kappa shape index (κ2) is 5.52. The van der Waals surface area contributed by atoms with Gasteiger partial charge in [0.1, 0.15) is 6.33 Å². The fourth-order valence-electron chi connectivity index (χ4n) is 2.90. The third-order valence-corrected chi connectivity index (χ3v) is 4.11. The number of hydrogen-bond acceptors (Lipinski definition) is 4. The summed E-state index contributed by atoms with van der Waals surface area (Å²) >= 11 is 0. The van der Waals surface area contributed by atoms with Crippen molar-refractivity contribution in [3.8, 4) is 0 Å². The predicted molar refractivity (Wildman–Crippen MR) is 74.2 cm³/mol. The second-order valence-electron chi connectivity index (χ2n) is 6.11. The molecule has 0 spiro atoms. The lowest BCUT2D eigenvalue weighted by Gasteiger charge is -2.33. The summed E-state index contributed by atoms with van der Waals surface area (Å²) in [5, 5.41) is 10.9. The number of nitrogens with one attached hydrogen (secondary N) is 1. The molecule has 2 atom stereocenters. The molecule has 1 aliphatic carbocycles. The quantitative estimate of drug-likeness (QED) is 0.914. The average Bonchev–Trinajstić information content (AvgIpc) is 3.19. The Morgan fingerprint density at radius 3 is 2.95 bits per heavy atom. The number of rotatable bonds is 4. The zero-order valence-corrected chi connectivity index (χ0v) is 12.1. The molecule has 2 aliphatic rings. The molecule has 0 radical (unpaired) electrons. The van der Waals surface area contributed by atoms with Crippen LogP contribution in [-0.4, -0.2) is 33.4 Å². The van der Waals surface area contributed by atoms with E-state index in [1.54, 1.807) is 6.33 Å². The van der Waals surface area contributed by atoms with Crippen LogP contribution < -0.4 is 5.32 Å². The minimum absolute atomic E-state index is 0.000969. The highest BCUT2D eigenvalue weighted by molar-refractivity contribution is 5.91. The van der Waals surface area contributed by atoms with Crippen LogP contribution in [0.2, 0.25) is 0 Å². The molecule has 1 saturated carbocycles.